The van der Waals surface area contributed by atoms with Crippen LogP contribution in [0.15, 0.2) is 39.3 Å². The SMILES string of the molecule is CCc1ccc(-c2noc(N)c2-c2ccc(Cl)c(Cl)c2)o1. The van der Waals surface area contributed by atoms with E-state index >= 15 is 0 Å². The number of aromatic nitrogens is 1. The predicted molar refractivity (Wildman–Crippen MR) is 83.5 cm³/mol. The van der Waals surface area contributed by atoms with Crippen molar-refractivity contribution in [3.8, 4) is 22.6 Å². The summed E-state index contributed by atoms with van der Waals surface area (Å²) in [6.45, 7) is 2.01. The third-order valence-electron chi connectivity index (χ3n) is 3.17. The zero-order valence-electron chi connectivity index (χ0n) is 11.2. The van der Waals surface area contributed by atoms with Crippen molar-refractivity contribution in [1.29, 1.82) is 0 Å². The van der Waals surface area contributed by atoms with Gasteiger partial charge in [-0.3, -0.25) is 0 Å². The molecule has 2 aromatic heterocycles. The summed E-state index contributed by atoms with van der Waals surface area (Å²) in [5.41, 5.74) is 7.85. The summed E-state index contributed by atoms with van der Waals surface area (Å²) in [7, 11) is 0. The van der Waals surface area contributed by atoms with Gasteiger partial charge in [-0.05, 0) is 29.8 Å². The van der Waals surface area contributed by atoms with Gasteiger partial charge in [-0.2, -0.15) is 0 Å². The van der Waals surface area contributed by atoms with Crippen molar-refractivity contribution in [2.75, 3.05) is 5.73 Å². The molecule has 0 saturated carbocycles. The van der Waals surface area contributed by atoms with Crippen LogP contribution in [-0.4, -0.2) is 5.16 Å². The smallest absolute Gasteiger partial charge is 0.230 e. The molecule has 1 aromatic carbocycles. The average Bonchev–Trinajstić information content (AvgIpc) is 3.08. The van der Waals surface area contributed by atoms with Gasteiger partial charge < -0.3 is 14.7 Å². The van der Waals surface area contributed by atoms with Gasteiger partial charge in [-0.25, -0.2) is 0 Å². The summed E-state index contributed by atoms with van der Waals surface area (Å²) in [5.74, 6) is 1.68. The van der Waals surface area contributed by atoms with E-state index in [9.17, 15) is 0 Å². The highest BCUT2D eigenvalue weighted by molar-refractivity contribution is 6.42. The van der Waals surface area contributed by atoms with Crippen LogP contribution in [0.2, 0.25) is 10.0 Å². The molecule has 2 heterocycles. The van der Waals surface area contributed by atoms with Crippen LogP contribution in [0.3, 0.4) is 0 Å². The largest absolute Gasteiger partial charge is 0.459 e. The third kappa shape index (κ3) is 2.52. The number of nitrogen functional groups attached to an aromatic ring is 1. The number of hydrogen-bond acceptors (Lipinski definition) is 4. The van der Waals surface area contributed by atoms with Crippen molar-refractivity contribution < 1.29 is 8.94 Å². The van der Waals surface area contributed by atoms with Crippen LogP contribution in [0.1, 0.15) is 12.7 Å². The Kier molecular flexibility index (Phi) is 3.66. The summed E-state index contributed by atoms with van der Waals surface area (Å²) in [6, 6.07) is 8.98. The summed E-state index contributed by atoms with van der Waals surface area (Å²) in [5, 5.41) is 4.91. The standard InChI is InChI=1S/C15H12Cl2N2O2/c1-2-9-4-6-12(20-9)14-13(15(18)21-19-14)8-3-5-10(16)11(17)7-8/h3-7H,2,18H2,1H3. The molecule has 4 nitrogen and oxygen atoms in total. The van der Waals surface area contributed by atoms with Crippen molar-refractivity contribution >= 4 is 29.1 Å². The van der Waals surface area contributed by atoms with Gasteiger partial charge in [0, 0.05) is 6.42 Å². The molecule has 0 aliphatic rings. The first kappa shape index (κ1) is 14.0. The molecule has 0 aliphatic heterocycles. The minimum Gasteiger partial charge on any atom is -0.459 e. The van der Waals surface area contributed by atoms with Gasteiger partial charge >= 0.3 is 0 Å². The maximum atomic E-state index is 6.06. The van der Waals surface area contributed by atoms with Crippen molar-refractivity contribution in [3.05, 3.63) is 46.1 Å². The maximum absolute atomic E-state index is 6.06. The molecule has 0 amide bonds. The van der Waals surface area contributed by atoms with E-state index in [1.807, 2.05) is 25.1 Å². The Morgan fingerprint density at radius 2 is 1.95 bits per heavy atom. The second-order valence-corrected chi connectivity index (χ2v) is 5.33. The highest BCUT2D eigenvalue weighted by Gasteiger charge is 2.20. The lowest BCUT2D eigenvalue weighted by Gasteiger charge is -2.03. The molecule has 6 heteroatoms. The summed E-state index contributed by atoms with van der Waals surface area (Å²) >= 11 is 12.0. The Hall–Kier alpha value is -1.91. The number of rotatable bonds is 3. The number of furan rings is 1. The van der Waals surface area contributed by atoms with Crippen LogP contribution in [0.25, 0.3) is 22.6 Å². The monoisotopic (exact) mass is 322 g/mol. The van der Waals surface area contributed by atoms with E-state index in [2.05, 4.69) is 5.16 Å². The second-order valence-electron chi connectivity index (χ2n) is 4.52. The fourth-order valence-corrected chi connectivity index (χ4v) is 2.39. The molecule has 108 valence electrons. The first-order valence-electron chi connectivity index (χ1n) is 6.39. The Balaban J connectivity index is 2.14. The van der Waals surface area contributed by atoms with Gasteiger partial charge in [0.2, 0.25) is 5.88 Å². The number of hydrogen-bond donors (Lipinski definition) is 1. The first-order chi connectivity index (χ1) is 10.1. The molecule has 0 saturated heterocycles. The van der Waals surface area contributed by atoms with E-state index in [4.69, 9.17) is 37.9 Å². The fourth-order valence-electron chi connectivity index (χ4n) is 2.10. The molecule has 21 heavy (non-hydrogen) atoms. The molecule has 2 N–H and O–H groups in total. The first-order valence-corrected chi connectivity index (χ1v) is 7.15. The molecular formula is C15H12Cl2N2O2. The minimum absolute atomic E-state index is 0.206. The quantitative estimate of drug-likeness (QED) is 0.732. The van der Waals surface area contributed by atoms with Crippen LogP contribution in [0.4, 0.5) is 5.88 Å². The molecule has 0 unspecified atom stereocenters. The molecule has 0 bridgehead atoms. The maximum Gasteiger partial charge on any atom is 0.230 e. The Morgan fingerprint density at radius 1 is 1.14 bits per heavy atom. The molecule has 0 atom stereocenters. The molecule has 0 spiro atoms. The lowest BCUT2D eigenvalue weighted by molar-refractivity contribution is 0.434. The number of nitrogens with zero attached hydrogens (tertiary/aromatic N) is 1. The summed E-state index contributed by atoms with van der Waals surface area (Å²) in [6.07, 6.45) is 0.801. The number of benzene rings is 1. The van der Waals surface area contributed by atoms with E-state index < -0.39 is 0 Å². The van der Waals surface area contributed by atoms with Crippen LogP contribution < -0.4 is 5.73 Å². The van der Waals surface area contributed by atoms with Gasteiger partial charge in [0.05, 0.1) is 15.6 Å². The molecular weight excluding hydrogens is 311 g/mol. The van der Waals surface area contributed by atoms with E-state index in [-0.39, 0.29) is 5.88 Å². The third-order valence-corrected chi connectivity index (χ3v) is 3.91. The van der Waals surface area contributed by atoms with Crippen molar-refractivity contribution in [2.45, 2.75) is 13.3 Å². The van der Waals surface area contributed by atoms with Gasteiger partial charge in [0.25, 0.3) is 0 Å². The second kappa shape index (κ2) is 5.47. The normalized spacial score (nSPS) is 11.0. The Bertz CT molecular complexity index is 793. The number of anilines is 1. The number of aryl methyl sites for hydroxylation is 1. The van der Waals surface area contributed by atoms with E-state index in [0.717, 1.165) is 17.7 Å². The lowest BCUT2D eigenvalue weighted by atomic mass is 10.0. The number of nitrogens with two attached hydrogens (primary N) is 1. The summed E-state index contributed by atoms with van der Waals surface area (Å²) in [4.78, 5) is 0. The van der Waals surface area contributed by atoms with Crippen LogP contribution in [-0.2, 0) is 6.42 Å². The average molecular weight is 323 g/mol. The van der Waals surface area contributed by atoms with Crippen LogP contribution >= 0.6 is 23.2 Å². The fraction of sp³-hybridized carbons (Fsp3) is 0.133. The van der Waals surface area contributed by atoms with E-state index in [1.54, 1.807) is 12.1 Å². The molecule has 3 rings (SSSR count). The van der Waals surface area contributed by atoms with Crippen molar-refractivity contribution in [3.63, 3.8) is 0 Å². The van der Waals surface area contributed by atoms with Crippen LogP contribution in [0, 0.1) is 0 Å². The number of halogens is 2. The predicted octanol–water partition coefficient (Wildman–Crippen LogP) is 5.05. The van der Waals surface area contributed by atoms with Gasteiger partial charge in [0.1, 0.15) is 5.76 Å². The van der Waals surface area contributed by atoms with Crippen molar-refractivity contribution in [2.24, 2.45) is 0 Å². The summed E-state index contributed by atoms with van der Waals surface area (Å²) < 4.78 is 10.8. The zero-order chi connectivity index (χ0) is 15.0. The van der Waals surface area contributed by atoms with Gasteiger partial charge in [-0.1, -0.05) is 41.3 Å². The molecule has 0 fully saturated rings. The topological polar surface area (TPSA) is 65.2 Å². The zero-order valence-corrected chi connectivity index (χ0v) is 12.7. The minimum atomic E-state index is 0.206. The van der Waals surface area contributed by atoms with Gasteiger partial charge in [0.15, 0.2) is 11.5 Å². The highest BCUT2D eigenvalue weighted by Crippen LogP contribution is 2.38. The molecule has 0 radical (unpaired) electrons. The van der Waals surface area contributed by atoms with Crippen molar-refractivity contribution in [1.82, 2.24) is 5.16 Å². The molecule has 3 aromatic rings. The Labute approximate surface area is 131 Å². The van der Waals surface area contributed by atoms with Crippen LogP contribution in [0.5, 0.6) is 0 Å². The van der Waals surface area contributed by atoms with E-state index in [0.29, 0.717) is 27.1 Å². The lowest BCUT2D eigenvalue weighted by Crippen LogP contribution is -1.87. The molecule has 0 aliphatic carbocycles. The highest BCUT2D eigenvalue weighted by atomic mass is 35.5. The van der Waals surface area contributed by atoms with Gasteiger partial charge in [-0.15, -0.1) is 0 Å². The van der Waals surface area contributed by atoms with E-state index in [1.165, 1.54) is 0 Å². The Morgan fingerprint density at radius 3 is 2.62 bits per heavy atom.